The largest absolute Gasteiger partial charge is 0.497 e. The molecule has 1 aliphatic carbocycles. The van der Waals surface area contributed by atoms with E-state index < -0.39 is 5.41 Å². The lowest BCUT2D eigenvalue weighted by Gasteiger charge is -2.16. The van der Waals surface area contributed by atoms with Gasteiger partial charge in [0.05, 0.1) is 12.5 Å². The lowest BCUT2D eigenvalue weighted by molar-refractivity contribution is -0.118. The summed E-state index contributed by atoms with van der Waals surface area (Å²) in [4.78, 5) is 17.4. The maximum atomic E-state index is 13.0. The molecule has 0 spiro atoms. The normalized spacial score (nSPS) is 15.6. The van der Waals surface area contributed by atoms with Gasteiger partial charge in [0.2, 0.25) is 12.7 Å². The number of nitrogens with one attached hydrogen (secondary N) is 1. The average molecular weight is 388 g/mol. The van der Waals surface area contributed by atoms with Crippen LogP contribution in [-0.4, -0.2) is 24.8 Å². The van der Waals surface area contributed by atoms with Crippen molar-refractivity contribution < 1.29 is 19.0 Å². The first-order valence-electron chi connectivity index (χ1n) is 9.50. The molecular weight excluding hydrogens is 368 g/mol. The molecule has 3 aromatic rings. The van der Waals surface area contributed by atoms with E-state index in [-0.39, 0.29) is 12.7 Å². The van der Waals surface area contributed by atoms with Gasteiger partial charge < -0.3 is 19.5 Å². The third-order valence-corrected chi connectivity index (χ3v) is 5.54. The van der Waals surface area contributed by atoms with Crippen molar-refractivity contribution in [1.82, 2.24) is 4.98 Å². The second-order valence-corrected chi connectivity index (χ2v) is 7.26. The molecule has 1 saturated carbocycles. The molecule has 1 aliphatic heterocycles. The maximum Gasteiger partial charge on any atom is 0.236 e. The third kappa shape index (κ3) is 3.16. The summed E-state index contributed by atoms with van der Waals surface area (Å²) in [6.45, 7) is 0.225. The van der Waals surface area contributed by atoms with E-state index in [0.29, 0.717) is 11.6 Å². The number of ether oxygens (including phenoxy) is 3. The highest BCUT2D eigenvalue weighted by molar-refractivity contribution is 6.01. The van der Waals surface area contributed by atoms with Crippen LogP contribution in [0.5, 0.6) is 17.2 Å². The molecule has 0 atom stereocenters. The first-order valence-corrected chi connectivity index (χ1v) is 9.50. The summed E-state index contributed by atoms with van der Waals surface area (Å²) in [5, 5.41) is 2.97. The Morgan fingerprint density at radius 1 is 1.00 bits per heavy atom. The number of amides is 1. The summed E-state index contributed by atoms with van der Waals surface area (Å²) in [7, 11) is 1.64. The van der Waals surface area contributed by atoms with E-state index in [1.54, 1.807) is 13.3 Å². The second-order valence-electron chi connectivity index (χ2n) is 7.26. The predicted octanol–water partition coefficient (Wildman–Crippen LogP) is 4.16. The number of hydrogen-bond donors (Lipinski definition) is 1. The van der Waals surface area contributed by atoms with Crippen LogP contribution >= 0.6 is 0 Å². The highest BCUT2D eigenvalue weighted by atomic mass is 16.7. The Labute approximate surface area is 168 Å². The van der Waals surface area contributed by atoms with E-state index in [1.807, 2.05) is 54.6 Å². The minimum atomic E-state index is -0.517. The maximum absolute atomic E-state index is 13.0. The number of fused-ring (bicyclic) bond motifs is 1. The van der Waals surface area contributed by atoms with Crippen molar-refractivity contribution in [2.75, 3.05) is 19.2 Å². The van der Waals surface area contributed by atoms with Crippen molar-refractivity contribution in [3.63, 3.8) is 0 Å². The van der Waals surface area contributed by atoms with Crippen LogP contribution in [0.25, 0.3) is 11.1 Å². The number of hydrogen-bond acceptors (Lipinski definition) is 5. The number of aromatic nitrogens is 1. The van der Waals surface area contributed by atoms with Crippen LogP contribution in [-0.2, 0) is 10.2 Å². The van der Waals surface area contributed by atoms with Crippen molar-refractivity contribution in [1.29, 1.82) is 0 Å². The topological polar surface area (TPSA) is 69.7 Å². The molecule has 2 heterocycles. The fraction of sp³-hybridized carbons (Fsp3) is 0.217. The molecule has 0 saturated heterocycles. The number of rotatable bonds is 5. The molecule has 6 nitrogen and oxygen atoms in total. The summed E-state index contributed by atoms with van der Waals surface area (Å²) in [5.41, 5.74) is 2.45. The fourth-order valence-corrected chi connectivity index (χ4v) is 3.62. The Balaban J connectivity index is 1.31. The van der Waals surface area contributed by atoms with Crippen LogP contribution < -0.4 is 19.5 Å². The minimum absolute atomic E-state index is 0.0407. The van der Waals surface area contributed by atoms with Crippen molar-refractivity contribution >= 4 is 11.7 Å². The van der Waals surface area contributed by atoms with Crippen LogP contribution in [0.4, 0.5) is 5.82 Å². The first kappa shape index (κ1) is 17.6. The molecule has 2 aromatic carbocycles. The Morgan fingerprint density at radius 2 is 1.76 bits per heavy atom. The van der Waals surface area contributed by atoms with E-state index in [0.717, 1.165) is 41.0 Å². The van der Waals surface area contributed by atoms with Crippen molar-refractivity contribution in [3.05, 3.63) is 66.4 Å². The van der Waals surface area contributed by atoms with Crippen molar-refractivity contribution in [3.8, 4) is 28.4 Å². The molecule has 0 unspecified atom stereocenters. The Morgan fingerprint density at radius 3 is 2.45 bits per heavy atom. The molecule has 1 fully saturated rings. The molecule has 1 aromatic heterocycles. The van der Waals surface area contributed by atoms with Gasteiger partial charge in [0, 0.05) is 11.8 Å². The Bertz CT molecular complexity index is 1060. The number of methoxy groups -OCH3 is 1. The van der Waals surface area contributed by atoms with Gasteiger partial charge in [-0.2, -0.15) is 0 Å². The smallest absolute Gasteiger partial charge is 0.236 e. The molecule has 29 heavy (non-hydrogen) atoms. The summed E-state index contributed by atoms with van der Waals surface area (Å²) >= 11 is 0. The second kappa shape index (κ2) is 6.81. The lowest BCUT2D eigenvalue weighted by atomic mass is 9.94. The first-order chi connectivity index (χ1) is 14.2. The Hall–Kier alpha value is -3.54. The van der Waals surface area contributed by atoms with Crippen molar-refractivity contribution in [2.24, 2.45) is 0 Å². The quantitative estimate of drug-likeness (QED) is 0.711. The average Bonchev–Trinajstić information content (AvgIpc) is 3.45. The SMILES string of the molecule is COc1ccc(-c2ccc(NC(=O)C3(c4ccc5c(c4)OCO5)CC3)nc2)cc1. The number of anilines is 1. The molecule has 0 radical (unpaired) electrons. The van der Waals surface area contributed by atoms with Crippen LogP contribution in [0, 0.1) is 0 Å². The number of carbonyl (C=O) groups is 1. The van der Waals surface area contributed by atoms with Gasteiger partial charge in [0.1, 0.15) is 11.6 Å². The highest BCUT2D eigenvalue weighted by Crippen LogP contribution is 2.51. The van der Waals surface area contributed by atoms with Crippen molar-refractivity contribution in [2.45, 2.75) is 18.3 Å². The number of nitrogens with zero attached hydrogens (tertiary/aromatic N) is 1. The minimum Gasteiger partial charge on any atom is -0.497 e. The molecular formula is C23H20N2O4. The van der Waals surface area contributed by atoms with E-state index in [1.165, 1.54) is 0 Å². The van der Waals surface area contributed by atoms with Gasteiger partial charge in [-0.1, -0.05) is 18.2 Å². The number of carbonyl (C=O) groups excluding carboxylic acids is 1. The zero-order chi connectivity index (χ0) is 19.8. The fourth-order valence-electron chi connectivity index (χ4n) is 3.62. The standard InChI is InChI=1S/C23H20N2O4/c1-27-18-6-2-15(3-7-18)16-4-9-21(24-13-16)25-22(26)23(10-11-23)17-5-8-19-20(12-17)29-14-28-19/h2-9,12-13H,10-11,14H2,1H3,(H,24,25,26). The summed E-state index contributed by atoms with van der Waals surface area (Å²) in [5.74, 6) is 2.73. The molecule has 2 aliphatic rings. The molecule has 146 valence electrons. The van der Waals surface area contributed by atoms with Crippen LogP contribution in [0.15, 0.2) is 60.8 Å². The molecule has 6 heteroatoms. The van der Waals surface area contributed by atoms with Gasteiger partial charge in [-0.05, 0) is 60.4 Å². The van der Waals surface area contributed by atoms with Gasteiger partial charge in [0.25, 0.3) is 0 Å². The van der Waals surface area contributed by atoms with Crippen LogP contribution in [0.3, 0.4) is 0 Å². The molecule has 5 rings (SSSR count). The number of pyridine rings is 1. The monoisotopic (exact) mass is 388 g/mol. The van der Waals surface area contributed by atoms with Gasteiger partial charge in [0.15, 0.2) is 11.5 Å². The van der Waals surface area contributed by atoms with E-state index in [4.69, 9.17) is 14.2 Å². The van der Waals surface area contributed by atoms with Crippen LogP contribution in [0.2, 0.25) is 0 Å². The summed E-state index contributed by atoms with van der Waals surface area (Å²) < 4.78 is 16.0. The Kier molecular flexibility index (Phi) is 4.12. The molecule has 0 bridgehead atoms. The highest BCUT2D eigenvalue weighted by Gasteiger charge is 2.51. The van der Waals surface area contributed by atoms with Gasteiger partial charge >= 0.3 is 0 Å². The van der Waals surface area contributed by atoms with E-state index >= 15 is 0 Å². The third-order valence-electron chi connectivity index (χ3n) is 5.54. The molecule has 1 amide bonds. The van der Waals surface area contributed by atoms with Gasteiger partial charge in [-0.3, -0.25) is 4.79 Å². The zero-order valence-corrected chi connectivity index (χ0v) is 16.0. The molecule has 1 N–H and O–H groups in total. The van der Waals surface area contributed by atoms with E-state index in [9.17, 15) is 4.79 Å². The summed E-state index contributed by atoms with van der Waals surface area (Å²) in [6.07, 6.45) is 3.38. The predicted molar refractivity (Wildman–Crippen MR) is 108 cm³/mol. The van der Waals surface area contributed by atoms with E-state index in [2.05, 4.69) is 10.3 Å². The van der Waals surface area contributed by atoms with Crippen LogP contribution in [0.1, 0.15) is 18.4 Å². The van der Waals surface area contributed by atoms with Gasteiger partial charge in [-0.25, -0.2) is 4.98 Å². The lowest BCUT2D eigenvalue weighted by Crippen LogP contribution is -2.28. The van der Waals surface area contributed by atoms with Gasteiger partial charge in [-0.15, -0.1) is 0 Å². The summed E-state index contributed by atoms with van der Waals surface area (Å²) in [6, 6.07) is 17.3. The number of benzene rings is 2. The zero-order valence-electron chi connectivity index (χ0n) is 16.0.